The highest BCUT2D eigenvalue weighted by atomic mass is 16.5. The minimum atomic E-state index is -0.411. The molecule has 3 nitrogen and oxygen atoms in total. The largest absolute Gasteiger partial charge is 0.403 e. The second-order valence-corrected chi connectivity index (χ2v) is 7.35. The van der Waals surface area contributed by atoms with E-state index in [1.165, 1.54) is 0 Å². The number of aliphatic imine (C=N–C) groups is 1. The molecule has 0 fully saturated rings. The summed E-state index contributed by atoms with van der Waals surface area (Å²) in [6.07, 6.45) is 0. The number of esters is 1. The maximum absolute atomic E-state index is 12.3. The molecule has 0 spiro atoms. The predicted octanol–water partition coefficient (Wildman–Crippen LogP) is 5.73. The van der Waals surface area contributed by atoms with Crippen molar-refractivity contribution in [3.05, 3.63) is 137 Å². The van der Waals surface area contributed by atoms with Gasteiger partial charge in [-0.15, -0.1) is 0 Å². The highest BCUT2D eigenvalue weighted by molar-refractivity contribution is 6.17. The second-order valence-electron chi connectivity index (χ2n) is 7.35. The van der Waals surface area contributed by atoms with Crippen molar-refractivity contribution in [2.75, 3.05) is 0 Å². The molecular formula is C30H17NO2. The lowest BCUT2D eigenvalue weighted by Gasteiger charge is -2.00. The van der Waals surface area contributed by atoms with Gasteiger partial charge in [0.25, 0.3) is 0 Å². The number of carbonyl (C=O) groups is 1. The van der Waals surface area contributed by atoms with E-state index in [0.717, 1.165) is 22.3 Å². The molecule has 0 saturated carbocycles. The first kappa shape index (κ1) is 20.1. The van der Waals surface area contributed by atoms with Crippen LogP contribution in [0.25, 0.3) is 0 Å². The second kappa shape index (κ2) is 9.10. The summed E-state index contributed by atoms with van der Waals surface area (Å²) in [5, 5.41) is 0. The molecule has 0 unspecified atom stereocenters. The number of hydrogen-bond acceptors (Lipinski definition) is 3. The lowest BCUT2D eigenvalue weighted by Crippen LogP contribution is -1.99. The lowest BCUT2D eigenvalue weighted by molar-refractivity contribution is 0.0737. The quantitative estimate of drug-likeness (QED) is 0.289. The fourth-order valence-electron chi connectivity index (χ4n) is 3.36. The molecule has 33 heavy (non-hydrogen) atoms. The first-order valence-corrected chi connectivity index (χ1v) is 10.4. The zero-order valence-electron chi connectivity index (χ0n) is 17.6. The van der Waals surface area contributed by atoms with Gasteiger partial charge in [0, 0.05) is 22.3 Å². The number of fused-ring (bicyclic) bond motifs is 1. The molecule has 0 aromatic heterocycles. The van der Waals surface area contributed by atoms with Gasteiger partial charge in [0.15, 0.2) is 0 Å². The molecule has 5 rings (SSSR count). The Bertz CT molecular complexity index is 1500. The highest BCUT2D eigenvalue weighted by Gasteiger charge is 2.28. The van der Waals surface area contributed by atoms with Crippen LogP contribution in [0.2, 0.25) is 0 Å². The highest BCUT2D eigenvalue weighted by Crippen LogP contribution is 2.25. The van der Waals surface area contributed by atoms with Crippen LogP contribution in [0.3, 0.4) is 0 Å². The van der Waals surface area contributed by atoms with E-state index in [1.807, 2.05) is 97.1 Å². The van der Waals surface area contributed by atoms with Gasteiger partial charge in [-0.2, -0.15) is 0 Å². The normalized spacial score (nSPS) is 12.7. The number of cyclic esters (lactones) is 1. The van der Waals surface area contributed by atoms with Crippen molar-refractivity contribution >= 4 is 17.6 Å². The van der Waals surface area contributed by atoms with Crippen LogP contribution in [0.15, 0.2) is 108 Å². The van der Waals surface area contributed by atoms with Gasteiger partial charge in [0.2, 0.25) is 5.90 Å². The zero-order valence-corrected chi connectivity index (χ0v) is 17.6. The Balaban J connectivity index is 1.45. The van der Waals surface area contributed by atoms with Gasteiger partial charge >= 0.3 is 5.97 Å². The van der Waals surface area contributed by atoms with Gasteiger partial charge in [-0.1, -0.05) is 66.1 Å². The van der Waals surface area contributed by atoms with Crippen molar-refractivity contribution in [1.82, 2.24) is 0 Å². The molecule has 4 aromatic rings. The average Bonchev–Trinajstić information content (AvgIpc) is 3.17. The summed E-state index contributed by atoms with van der Waals surface area (Å²) >= 11 is 0. The third-order valence-corrected chi connectivity index (χ3v) is 4.99. The van der Waals surface area contributed by atoms with E-state index in [-0.39, 0.29) is 5.90 Å². The predicted molar refractivity (Wildman–Crippen MR) is 129 cm³/mol. The van der Waals surface area contributed by atoms with E-state index >= 15 is 0 Å². The standard InChI is InChI=1S/C30H17NO2/c32-30-27-19-18-25(17-15-23-10-5-2-6-11-23)21-28(27)29(33-30)31-26-13-7-12-24(20-26)16-14-22-8-3-1-4-9-22/h1-13,18-21H. The molecular weight excluding hydrogens is 406 g/mol. The van der Waals surface area contributed by atoms with Gasteiger partial charge in [-0.25, -0.2) is 9.79 Å². The molecule has 1 aliphatic heterocycles. The number of ether oxygens (including phenoxy) is 1. The number of hydrogen-bond donors (Lipinski definition) is 0. The molecule has 0 aliphatic carbocycles. The van der Waals surface area contributed by atoms with Crippen molar-refractivity contribution in [3.63, 3.8) is 0 Å². The molecule has 1 aliphatic rings. The maximum atomic E-state index is 12.3. The SMILES string of the molecule is O=C1OC(=Nc2cccc(C#Cc3ccccc3)c2)c2cc(C#Cc3ccccc3)ccc21. The molecule has 4 aromatic carbocycles. The average molecular weight is 423 g/mol. The fraction of sp³-hybridized carbons (Fsp3) is 0. The molecule has 0 radical (unpaired) electrons. The third kappa shape index (κ3) is 4.74. The summed E-state index contributed by atoms with van der Waals surface area (Å²) in [6.45, 7) is 0. The Morgan fingerprint density at radius 3 is 1.79 bits per heavy atom. The number of nitrogens with zero attached hydrogens (tertiary/aromatic N) is 1. The molecule has 1 heterocycles. The van der Waals surface area contributed by atoms with Crippen LogP contribution in [0.5, 0.6) is 0 Å². The molecule has 0 atom stereocenters. The fourth-order valence-corrected chi connectivity index (χ4v) is 3.36. The van der Waals surface area contributed by atoms with Crippen molar-refractivity contribution in [3.8, 4) is 23.7 Å². The Hall–Kier alpha value is -4.86. The summed E-state index contributed by atoms with van der Waals surface area (Å²) < 4.78 is 5.45. The van der Waals surface area contributed by atoms with Crippen LogP contribution in [-0.2, 0) is 4.74 Å². The van der Waals surface area contributed by atoms with Gasteiger partial charge in [0.05, 0.1) is 16.8 Å². The molecule has 0 N–H and O–H groups in total. The molecule has 3 heteroatoms. The van der Waals surface area contributed by atoms with Gasteiger partial charge in [-0.05, 0) is 60.7 Å². The van der Waals surface area contributed by atoms with E-state index in [4.69, 9.17) is 4.74 Å². The topological polar surface area (TPSA) is 38.7 Å². The van der Waals surface area contributed by atoms with E-state index in [2.05, 4.69) is 28.7 Å². The monoisotopic (exact) mass is 423 g/mol. The van der Waals surface area contributed by atoms with E-state index in [1.54, 1.807) is 6.07 Å². The first-order valence-electron chi connectivity index (χ1n) is 10.4. The van der Waals surface area contributed by atoms with Gasteiger partial charge < -0.3 is 4.74 Å². The third-order valence-electron chi connectivity index (χ3n) is 4.99. The summed E-state index contributed by atoms with van der Waals surface area (Å²) in [5.74, 6) is 12.4. The Labute approximate surface area is 192 Å². The maximum Gasteiger partial charge on any atom is 0.345 e. The molecule has 0 amide bonds. The van der Waals surface area contributed by atoms with E-state index < -0.39 is 5.97 Å². The van der Waals surface area contributed by atoms with Crippen molar-refractivity contribution < 1.29 is 9.53 Å². The molecule has 0 saturated heterocycles. The summed E-state index contributed by atoms with van der Waals surface area (Å²) in [6, 6.07) is 32.5. The minimum absolute atomic E-state index is 0.270. The summed E-state index contributed by atoms with van der Waals surface area (Å²) in [4.78, 5) is 16.9. The van der Waals surface area contributed by atoms with Gasteiger partial charge in [-0.3, -0.25) is 0 Å². The number of benzene rings is 4. The molecule has 154 valence electrons. The van der Waals surface area contributed by atoms with Crippen LogP contribution in [0.1, 0.15) is 38.2 Å². The minimum Gasteiger partial charge on any atom is -0.403 e. The van der Waals surface area contributed by atoms with Crippen molar-refractivity contribution in [2.24, 2.45) is 4.99 Å². The van der Waals surface area contributed by atoms with Crippen LogP contribution in [-0.4, -0.2) is 11.9 Å². The van der Waals surface area contributed by atoms with E-state index in [0.29, 0.717) is 16.8 Å². The Kier molecular flexibility index (Phi) is 5.53. The lowest BCUT2D eigenvalue weighted by atomic mass is 10.1. The summed E-state index contributed by atoms with van der Waals surface area (Å²) in [7, 11) is 0. The zero-order chi connectivity index (χ0) is 22.5. The van der Waals surface area contributed by atoms with Crippen LogP contribution in [0, 0.1) is 23.7 Å². The van der Waals surface area contributed by atoms with Crippen LogP contribution >= 0.6 is 0 Å². The smallest absolute Gasteiger partial charge is 0.345 e. The number of carbonyl (C=O) groups excluding carboxylic acids is 1. The van der Waals surface area contributed by atoms with Crippen molar-refractivity contribution in [1.29, 1.82) is 0 Å². The van der Waals surface area contributed by atoms with E-state index in [9.17, 15) is 4.79 Å². The number of rotatable bonds is 1. The Morgan fingerprint density at radius 1 is 0.545 bits per heavy atom. The molecule has 0 bridgehead atoms. The summed E-state index contributed by atoms with van der Waals surface area (Å²) in [5.41, 5.74) is 5.26. The first-order chi connectivity index (χ1) is 16.2. The Morgan fingerprint density at radius 2 is 1.12 bits per heavy atom. The van der Waals surface area contributed by atoms with Crippen molar-refractivity contribution in [2.45, 2.75) is 0 Å². The van der Waals surface area contributed by atoms with Gasteiger partial charge in [0.1, 0.15) is 0 Å². The van der Waals surface area contributed by atoms with Crippen LogP contribution in [0.4, 0.5) is 5.69 Å². The van der Waals surface area contributed by atoms with Crippen LogP contribution < -0.4 is 0 Å².